The quantitative estimate of drug-likeness (QED) is 0.692. The molecule has 3 amide bonds. The fourth-order valence-corrected chi connectivity index (χ4v) is 4.23. The van der Waals surface area contributed by atoms with Crippen molar-refractivity contribution in [1.29, 1.82) is 0 Å². The summed E-state index contributed by atoms with van der Waals surface area (Å²) in [5.74, 6) is 0.883. The van der Waals surface area contributed by atoms with Gasteiger partial charge in [-0.25, -0.2) is 4.79 Å². The molecule has 0 aromatic heterocycles. The average molecular weight is 436 g/mol. The van der Waals surface area contributed by atoms with Gasteiger partial charge in [0.25, 0.3) is 0 Å². The fourth-order valence-electron chi connectivity index (χ4n) is 4.23. The van der Waals surface area contributed by atoms with E-state index in [0.29, 0.717) is 19.5 Å². The monoisotopic (exact) mass is 435 g/mol. The number of methoxy groups -OCH3 is 1. The first-order valence-corrected chi connectivity index (χ1v) is 11.3. The summed E-state index contributed by atoms with van der Waals surface area (Å²) in [5, 5.41) is 6.22. The Kier molecular flexibility index (Phi) is 5.89. The zero-order valence-electron chi connectivity index (χ0n) is 19.4. The van der Waals surface area contributed by atoms with Crippen LogP contribution >= 0.6 is 0 Å². The summed E-state index contributed by atoms with van der Waals surface area (Å²) in [7, 11) is 1.64. The van der Waals surface area contributed by atoms with Crippen molar-refractivity contribution in [2.24, 2.45) is 5.92 Å². The normalized spacial score (nSPS) is 20.8. The highest BCUT2D eigenvalue weighted by Gasteiger charge is 2.49. The number of hydrogen-bond acceptors (Lipinski definition) is 3. The lowest BCUT2D eigenvalue weighted by atomic mass is 9.85. The van der Waals surface area contributed by atoms with Gasteiger partial charge in [-0.05, 0) is 53.5 Å². The van der Waals surface area contributed by atoms with Crippen molar-refractivity contribution in [1.82, 2.24) is 15.5 Å². The molecule has 32 heavy (non-hydrogen) atoms. The minimum Gasteiger partial charge on any atom is -0.497 e. The van der Waals surface area contributed by atoms with Crippen LogP contribution in [0.3, 0.4) is 0 Å². The van der Waals surface area contributed by atoms with E-state index in [-0.39, 0.29) is 23.3 Å². The van der Waals surface area contributed by atoms with E-state index in [4.69, 9.17) is 4.74 Å². The molecular formula is C26H33N3O3. The number of carbonyl (C=O) groups excluding carboxylic acids is 2. The highest BCUT2D eigenvalue weighted by molar-refractivity contribution is 5.85. The molecule has 0 bridgehead atoms. The van der Waals surface area contributed by atoms with E-state index in [2.05, 4.69) is 55.7 Å². The summed E-state index contributed by atoms with van der Waals surface area (Å²) < 4.78 is 5.24. The smallest absolute Gasteiger partial charge is 0.319 e. The first-order chi connectivity index (χ1) is 15.2. The summed E-state index contributed by atoms with van der Waals surface area (Å²) in [6, 6.07) is 16.0. The lowest BCUT2D eigenvalue weighted by Crippen LogP contribution is -2.58. The Labute approximate surface area is 190 Å². The number of carbonyl (C=O) groups is 2. The number of nitrogens with one attached hydrogen (secondary N) is 2. The molecule has 2 aromatic carbocycles. The molecule has 1 heterocycles. The molecule has 6 nitrogen and oxygen atoms in total. The second-order valence-corrected chi connectivity index (χ2v) is 9.86. The molecule has 4 rings (SSSR count). The van der Waals surface area contributed by atoms with E-state index < -0.39 is 5.66 Å². The fraction of sp³-hybridized carbons (Fsp3) is 0.462. The van der Waals surface area contributed by atoms with Gasteiger partial charge in [0.2, 0.25) is 5.91 Å². The van der Waals surface area contributed by atoms with Crippen molar-refractivity contribution in [3.05, 3.63) is 65.2 Å². The lowest BCUT2D eigenvalue weighted by molar-refractivity contribution is -0.126. The van der Waals surface area contributed by atoms with Crippen molar-refractivity contribution in [2.75, 3.05) is 20.2 Å². The molecule has 1 saturated carbocycles. The van der Waals surface area contributed by atoms with Gasteiger partial charge in [0, 0.05) is 12.5 Å². The van der Waals surface area contributed by atoms with E-state index in [1.165, 1.54) is 5.56 Å². The Morgan fingerprint density at radius 2 is 1.78 bits per heavy atom. The summed E-state index contributed by atoms with van der Waals surface area (Å²) >= 11 is 0. The maximum absolute atomic E-state index is 12.9. The van der Waals surface area contributed by atoms with Crippen LogP contribution in [0.2, 0.25) is 0 Å². The molecule has 2 fully saturated rings. The van der Waals surface area contributed by atoms with Crippen LogP contribution in [0.25, 0.3) is 0 Å². The molecule has 0 spiro atoms. The van der Waals surface area contributed by atoms with Gasteiger partial charge in [0.05, 0.1) is 13.7 Å². The van der Waals surface area contributed by atoms with Crippen LogP contribution in [0.4, 0.5) is 4.79 Å². The summed E-state index contributed by atoms with van der Waals surface area (Å²) in [6.07, 6.45) is 2.51. The van der Waals surface area contributed by atoms with Crippen molar-refractivity contribution in [3.63, 3.8) is 0 Å². The van der Waals surface area contributed by atoms with Gasteiger partial charge in [-0.2, -0.15) is 0 Å². The molecule has 1 aliphatic heterocycles. The third-order valence-corrected chi connectivity index (χ3v) is 6.49. The average Bonchev–Trinajstić information content (AvgIpc) is 3.58. The van der Waals surface area contributed by atoms with E-state index in [1.54, 1.807) is 12.0 Å². The number of ether oxygens (including phenoxy) is 1. The molecule has 2 N–H and O–H groups in total. The second kappa shape index (κ2) is 8.49. The molecule has 2 aliphatic rings. The first-order valence-electron chi connectivity index (χ1n) is 11.3. The SMILES string of the molecule is COc1ccc(CCN2C(=O)NCC2(NC(=O)C2CC2)c2ccc(C(C)(C)C)cc2)cc1. The minimum absolute atomic E-state index is 0.0239. The van der Waals surface area contributed by atoms with Gasteiger partial charge in [0.1, 0.15) is 5.75 Å². The van der Waals surface area contributed by atoms with Gasteiger partial charge in [-0.1, -0.05) is 57.2 Å². The number of amides is 3. The maximum atomic E-state index is 12.9. The molecule has 170 valence electrons. The predicted molar refractivity (Wildman–Crippen MR) is 124 cm³/mol. The van der Waals surface area contributed by atoms with Crippen LogP contribution < -0.4 is 15.4 Å². The predicted octanol–water partition coefficient (Wildman–Crippen LogP) is 3.94. The largest absolute Gasteiger partial charge is 0.497 e. The minimum atomic E-state index is -0.889. The molecule has 2 aromatic rings. The van der Waals surface area contributed by atoms with Crippen LogP contribution in [0.5, 0.6) is 5.75 Å². The van der Waals surface area contributed by atoms with Crippen molar-refractivity contribution >= 4 is 11.9 Å². The lowest BCUT2D eigenvalue weighted by Gasteiger charge is -2.38. The number of nitrogens with zero attached hydrogens (tertiary/aromatic N) is 1. The van der Waals surface area contributed by atoms with Crippen molar-refractivity contribution in [2.45, 2.75) is 51.1 Å². The summed E-state index contributed by atoms with van der Waals surface area (Å²) in [5.41, 5.74) is 2.39. The number of benzene rings is 2. The third kappa shape index (κ3) is 4.45. The van der Waals surface area contributed by atoms with E-state index >= 15 is 0 Å². The Morgan fingerprint density at radius 1 is 1.12 bits per heavy atom. The van der Waals surface area contributed by atoms with Crippen LogP contribution in [0, 0.1) is 5.92 Å². The second-order valence-electron chi connectivity index (χ2n) is 9.86. The van der Waals surface area contributed by atoms with Gasteiger partial charge >= 0.3 is 6.03 Å². The first kappa shape index (κ1) is 22.2. The summed E-state index contributed by atoms with van der Waals surface area (Å²) in [6.45, 7) is 7.36. The molecule has 1 atom stereocenters. The topological polar surface area (TPSA) is 70.7 Å². The van der Waals surface area contributed by atoms with E-state index in [9.17, 15) is 9.59 Å². The van der Waals surface area contributed by atoms with E-state index in [0.717, 1.165) is 29.7 Å². The van der Waals surface area contributed by atoms with Crippen LogP contribution in [-0.4, -0.2) is 37.0 Å². The number of hydrogen-bond donors (Lipinski definition) is 2. The van der Waals surface area contributed by atoms with E-state index in [1.807, 2.05) is 24.3 Å². The Morgan fingerprint density at radius 3 is 2.34 bits per heavy atom. The molecule has 1 saturated heterocycles. The molecule has 6 heteroatoms. The van der Waals surface area contributed by atoms with Crippen molar-refractivity contribution in [3.8, 4) is 5.75 Å². The van der Waals surface area contributed by atoms with Crippen LogP contribution in [0.1, 0.15) is 50.3 Å². The molecular weight excluding hydrogens is 402 g/mol. The van der Waals surface area contributed by atoms with Gasteiger partial charge < -0.3 is 15.4 Å². The Hall–Kier alpha value is -3.02. The highest BCUT2D eigenvalue weighted by Crippen LogP contribution is 2.35. The Bertz CT molecular complexity index is 975. The third-order valence-electron chi connectivity index (χ3n) is 6.49. The Balaban J connectivity index is 1.63. The zero-order valence-corrected chi connectivity index (χ0v) is 19.4. The number of urea groups is 1. The summed E-state index contributed by atoms with van der Waals surface area (Å²) in [4.78, 5) is 27.6. The van der Waals surface area contributed by atoms with Crippen LogP contribution in [0.15, 0.2) is 48.5 Å². The van der Waals surface area contributed by atoms with Gasteiger partial charge in [-0.15, -0.1) is 0 Å². The zero-order chi connectivity index (χ0) is 22.9. The standard InChI is InChI=1S/C26H33N3O3/c1-25(2,3)20-9-11-21(12-10-20)26(28-23(30)19-7-8-19)17-27-24(31)29(26)16-15-18-5-13-22(32-4)14-6-18/h5-6,9-14,19H,7-8,15-17H2,1-4H3,(H,27,31)(H,28,30). The highest BCUT2D eigenvalue weighted by atomic mass is 16.5. The number of rotatable bonds is 7. The maximum Gasteiger partial charge on any atom is 0.319 e. The molecule has 1 aliphatic carbocycles. The van der Waals surface area contributed by atoms with Gasteiger partial charge in [-0.3, -0.25) is 9.69 Å². The molecule has 1 unspecified atom stereocenters. The van der Waals surface area contributed by atoms with Crippen molar-refractivity contribution < 1.29 is 14.3 Å². The van der Waals surface area contributed by atoms with Gasteiger partial charge in [0.15, 0.2) is 5.66 Å². The molecule has 0 radical (unpaired) electrons. The van der Waals surface area contributed by atoms with Crippen LogP contribution in [-0.2, 0) is 22.3 Å².